The summed E-state index contributed by atoms with van der Waals surface area (Å²) in [5, 5.41) is 6.03. The Kier molecular flexibility index (Phi) is 6.01. The first-order valence-corrected chi connectivity index (χ1v) is 8.85. The lowest BCUT2D eigenvalue weighted by Crippen LogP contribution is -2.43. The second-order valence-corrected chi connectivity index (χ2v) is 6.52. The van der Waals surface area contributed by atoms with E-state index in [-0.39, 0.29) is 24.3 Å². The zero-order chi connectivity index (χ0) is 18.4. The second-order valence-electron chi connectivity index (χ2n) is 6.08. The highest BCUT2D eigenvalue weighted by molar-refractivity contribution is 6.30. The lowest BCUT2D eigenvalue weighted by Gasteiger charge is -2.31. The Morgan fingerprint density at radius 3 is 2.42 bits per heavy atom. The smallest absolute Gasteiger partial charge is 0.243 e. The summed E-state index contributed by atoms with van der Waals surface area (Å²) in [6.45, 7) is 1.39. The lowest BCUT2D eigenvalue weighted by atomic mass is 9.96. The molecule has 3 rings (SSSR count). The fraction of sp³-hybridized carbons (Fsp3) is 0.333. The zero-order valence-corrected chi connectivity index (χ0v) is 14.9. The van der Waals surface area contributed by atoms with Crippen LogP contribution in [0, 0.1) is 5.92 Å². The molecule has 0 spiro atoms. The van der Waals surface area contributed by atoms with Crippen molar-refractivity contribution in [3.05, 3.63) is 47.7 Å². The summed E-state index contributed by atoms with van der Waals surface area (Å²) in [5.41, 5.74) is 0.643. The highest BCUT2D eigenvalue weighted by Gasteiger charge is 2.26. The summed E-state index contributed by atoms with van der Waals surface area (Å²) < 4.78 is 0. The number of benzene rings is 1. The Hall–Kier alpha value is -2.67. The van der Waals surface area contributed by atoms with Gasteiger partial charge in [-0.25, -0.2) is 9.97 Å². The van der Waals surface area contributed by atoms with Crippen LogP contribution in [0.15, 0.2) is 42.7 Å². The van der Waals surface area contributed by atoms with Crippen LogP contribution in [0.2, 0.25) is 5.02 Å². The number of nitrogens with one attached hydrogen (secondary N) is 2. The first-order chi connectivity index (χ1) is 12.6. The number of nitrogens with zero attached hydrogens (tertiary/aromatic N) is 3. The van der Waals surface area contributed by atoms with Gasteiger partial charge in [-0.3, -0.25) is 9.59 Å². The van der Waals surface area contributed by atoms with Crippen LogP contribution in [0.25, 0.3) is 0 Å². The monoisotopic (exact) mass is 373 g/mol. The van der Waals surface area contributed by atoms with Gasteiger partial charge in [-0.1, -0.05) is 11.6 Å². The number of hydrogen-bond acceptors (Lipinski definition) is 5. The average molecular weight is 374 g/mol. The summed E-state index contributed by atoms with van der Waals surface area (Å²) >= 11 is 5.81. The standard InChI is InChI=1S/C18H20ClN5O2/c19-14-2-4-15(5-3-14)23-16(25)12-22-17(26)13-6-10-24(11-7-13)18-20-8-1-9-21-18/h1-5,8-9,13H,6-7,10-12H2,(H,22,26)(H,23,25). The molecule has 2 N–H and O–H groups in total. The van der Waals surface area contributed by atoms with Crippen LogP contribution in [0.3, 0.4) is 0 Å². The Labute approximate surface area is 156 Å². The van der Waals surface area contributed by atoms with Crippen molar-refractivity contribution in [1.29, 1.82) is 0 Å². The number of rotatable bonds is 5. The van der Waals surface area contributed by atoms with Gasteiger partial charge in [-0.15, -0.1) is 0 Å². The molecule has 7 nitrogen and oxygen atoms in total. The summed E-state index contributed by atoms with van der Waals surface area (Å²) in [6.07, 6.45) is 4.84. The maximum absolute atomic E-state index is 12.3. The van der Waals surface area contributed by atoms with E-state index in [1.54, 1.807) is 42.7 Å². The molecule has 0 atom stereocenters. The van der Waals surface area contributed by atoms with Crippen LogP contribution in [0.1, 0.15) is 12.8 Å². The molecule has 1 aromatic heterocycles. The molecule has 8 heteroatoms. The summed E-state index contributed by atoms with van der Waals surface area (Å²) in [6, 6.07) is 8.59. The van der Waals surface area contributed by atoms with E-state index in [1.807, 2.05) is 0 Å². The van der Waals surface area contributed by atoms with E-state index in [0.717, 1.165) is 13.1 Å². The van der Waals surface area contributed by atoms with E-state index < -0.39 is 0 Å². The predicted molar refractivity (Wildman–Crippen MR) is 100 cm³/mol. The van der Waals surface area contributed by atoms with Crippen LogP contribution in [0.5, 0.6) is 0 Å². The van der Waals surface area contributed by atoms with Gasteiger partial charge in [-0.2, -0.15) is 0 Å². The largest absolute Gasteiger partial charge is 0.347 e. The third-order valence-corrected chi connectivity index (χ3v) is 4.50. The number of carbonyl (C=O) groups is 2. The van der Waals surface area contributed by atoms with Gasteiger partial charge in [0.2, 0.25) is 17.8 Å². The van der Waals surface area contributed by atoms with Crippen molar-refractivity contribution in [3.63, 3.8) is 0 Å². The first-order valence-electron chi connectivity index (χ1n) is 8.47. The molecule has 1 aliphatic rings. The maximum atomic E-state index is 12.3. The molecule has 2 aromatic rings. The van der Waals surface area contributed by atoms with Gasteiger partial charge in [0.1, 0.15) is 0 Å². The Morgan fingerprint density at radius 2 is 1.77 bits per heavy atom. The minimum atomic E-state index is -0.268. The molecule has 2 amide bonds. The van der Waals surface area contributed by atoms with E-state index in [0.29, 0.717) is 29.5 Å². The highest BCUT2D eigenvalue weighted by Crippen LogP contribution is 2.20. The van der Waals surface area contributed by atoms with E-state index in [9.17, 15) is 9.59 Å². The quantitative estimate of drug-likeness (QED) is 0.838. The third-order valence-electron chi connectivity index (χ3n) is 4.25. The molecule has 1 saturated heterocycles. The van der Waals surface area contributed by atoms with Gasteiger partial charge in [0, 0.05) is 42.1 Å². The number of aromatic nitrogens is 2. The van der Waals surface area contributed by atoms with Crippen LogP contribution >= 0.6 is 11.6 Å². The van der Waals surface area contributed by atoms with Crippen molar-refractivity contribution in [3.8, 4) is 0 Å². The van der Waals surface area contributed by atoms with Crippen molar-refractivity contribution in [2.75, 3.05) is 29.9 Å². The van der Waals surface area contributed by atoms with Crippen molar-refractivity contribution in [2.24, 2.45) is 5.92 Å². The van der Waals surface area contributed by atoms with Gasteiger partial charge in [0.15, 0.2) is 0 Å². The van der Waals surface area contributed by atoms with E-state index in [2.05, 4.69) is 25.5 Å². The molecule has 1 aromatic carbocycles. The van der Waals surface area contributed by atoms with Gasteiger partial charge in [-0.05, 0) is 43.2 Å². The van der Waals surface area contributed by atoms with Crippen LogP contribution in [0.4, 0.5) is 11.6 Å². The molecule has 0 radical (unpaired) electrons. The normalized spacial score (nSPS) is 14.7. The van der Waals surface area contributed by atoms with Crippen LogP contribution in [-0.2, 0) is 9.59 Å². The maximum Gasteiger partial charge on any atom is 0.243 e. The molecule has 0 saturated carbocycles. The molecular weight excluding hydrogens is 354 g/mol. The van der Waals surface area contributed by atoms with Gasteiger partial charge in [0.05, 0.1) is 6.54 Å². The van der Waals surface area contributed by atoms with Crippen molar-refractivity contribution >= 4 is 35.1 Å². The lowest BCUT2D eigenvalue weighted by molar-refractivity contribution is -0.127. The third kappa shape index (κ3) is 4.92. The number of amides is 2. The highest BCUT2D eigenvalue weighted by atomic mass is 35.5. The molecule has 2 heterocycles. The summed E-state index contributed by atoms with van der Waals surface area (Å²) in [5.74, 6) is 0.229. The Bertz CT molecular complexity index is 746. The molecule has 0 aliphatic carbocycles. The number of piperidine rings is 1. The molecule has 1 aliphatic heterocycles. The SMILES string of the molecule is O=C(CNC(=O)C1CCN(c2ncccn2)CC1)Nc1ccc(Cl)cc1. The van der Waals surface area contributed by atoms with E-state index >= 15 is 0 Å². The van der Waals surface area contributed by atoms with Crippen molar-refractivity contribution in [1.82, 2.24) is 15.3 Å². The minimum absolute atomic E-state index is 0.0521. The van der Waals surface area contributed by atoms with Gasteiger partial charge >= 0.3 is 0 Å². The molecule has 26 heavy (non-hydrogen) atoms. The minimum Gasteiger partial charge on any atom is -0.347 e. The van der Waals surface area contributed by atoms with E-state index in [4.69, 9.17) is 11.6 Å². The van der Waals surface area contributed by atoms with Crippen molar-refractivity contribution in [2.45, 2.75) is 12.8 Å². The Morgan fingerprint density at radius 1 is 1.12 bits per heavy atom. The first kappa shape index (κ1) is 18.1. The Balaban J connectivity index is 1.41. The predicted octanol–water partition coefficient (Wildman–Crippen LogP) is 2.10. The fourth-order valence-corrected chi connectivity index (χ4v) is 2.97. The molecule has 136 valence electrons. The number of carbonyl (C=O) groups excluding carboxylic acids is 2. The zero-order valence-electron chi connectivity index (χ0n) is 14.2. The summed E-state index contributed by atoms with van der Waals surface area (Å²) in [7, 11) is 0. The number of hydrogen-bond donors (Lipinski definition) is 2. The van der Waals surface area contributed by atoms with Crippen LogP contribution < -0.4 is 15.5 Å². The fourth-order valence-electron chi connectivity index (χ4n) is 2.85. The number of anilines is 2. The number of halogens is 1. The van der Waals surface area contributed by atoms with Crippen molar-refractivity contribution < 1.29 is 9.59 Å². The molecule has 0 bridgehead atoms. The molecular formula is C18H20ClN5O2. The molecule has 1 fully saturated rings. The topological polar surface area (TPSA) is 87.2 Å². The van der Waals surface area contributed by atoms with Gasteiger partial charge in [0.25, 0.3) is 0 Å². The summed E-state index contributed by atoms with van der Waals surface area (Å²) in [4.78, 5) is 34.7. The van der Waals surface area contributed by atoms with E-state index in [1.165, 1.54) is 0 Å². The second kappa shape index (κ2) is 8.62. The molecule has 0 unspecified atom stereocenters. The average Bonchev–Trinajstić information content (AvgIpc) is 2.69. The van der Waals surface area contributed by atoms with Crippen LogP contribution in [-0.4, -0.2) is 41.4 Å². The van der Waals surface area contributed by atoms with Gasteiger partial charge < -0.3 is 15.5 Å².